The summed E-state index contributed by atoms with van der Waals surface area (Å²) in [5.41, 5.74) is 3.00. The van der Waals surface area contributed by atoms with E-state index in [9.17, 15) is 5.26 Å². The number of nitrogens with zero attached hydrogens (tertiary/aromatic N) is 3. The number of benzene rings is 2. The van der Waals surface area contributed by atoms with Crippen LogP contribution < -0.4 is 14.8 Å². The van der Waals surface area contributed by atoms with Gasteiger partial charge in [0.2, 0.25) is 0 Å². The molecule has 0 aliphatic carbocycles. The van der Waals surface area contributed by atoms with E-state index in [1.54, 1.807) is 18.5 Å². The average Bonchev–Trinajstić information content (AvgIpc) is 3.66. The Morgan fingerprint density at radius 3 is 2.79 bits per heavy atom. The Balaban J connectivity index is 1.37. The van der Waals surface area contributed by atoms with Gasteiger partial charge >= 0.3 is 0 Å². The topological polar surface area (TPSA) is 92.8 Å². The smallest absolute Gasteiger partial charge is 0.136 e. The standard InChI is InChI=1S/C30H31ClN4O4/c31-24-4-5-26-23(8-15-38-26)30(24)34-29-20(18-32)19-33-25-16-22(37-12-3-11-35-9-1-2-10-35)17-27(28(25)29)39-21-6-13-36-14-7-21/h4-5,8,15-17,19,21H,1-3,6-7,9-14H2,(H,33,34). The fourth-order valence-corrected chi connectivity index (χ4v) is 5.59. The molecule has 6 rings (SSSR count). The van der Waals surface area contributed by atoms with E-state index in [2.05, 4.69) is 21.3 Å². The van der Waals surface area contributed by atoms with Gasteiger partial charge in [0.05, 0.1) is 58.9 Å². The van der Waals surface area contributed by atoms with Crippen molar-refractivity contribution in [3.05, 3.63) is 53.4 Å². The molecule has 202 valence electrons. The van der Waals surface area contributed by atoms with Gasteiger partial charge in [-0.25, -0.2) is 0 Å². The molecule has 39 heavy (non-hydrogen) atoms. The Hall–Kier alpha value is -3.51. The van der Waals surface area contributed by atoms with Gasteiger partial charge in [-0.3, -0.25) is 4.98 Å². The molecule has 4 aromatic rings. The number of halogens is 1. The summed E-state index contributed by atoms with van der Waals surface area (Å²) < 4.78 is 23.9. The van der Waals surface area contributed by atoms with Gasteiger partial charge in [-0.1, -0.05) is 11.6 Å². The van der Waals surface area contributed by atoms with Crippen molar-refractivity contribution in [3.63, 3.8) is 0 Å². The van der Waals surface area contributed by atoms with E-state index < -0.39 is 0 Å². The number of furan rings is 1. The summed E-state index contributed by atoms with van der Waals surface area (Å²) in [6.45, 7) is 5.31. The third kappa shape index (κ3) is 5.62. The first-order chi connectivity index (χ1) is 19.2. The Kier molecular flexibility index (Phi) is 7.73. The van der Waals surface area contributed by atoms with Crippen LogP contribution in [-0.4, -0.2) is 55.4 Å². The van der Waals surface area contributed by atoms with Crippen molar-refractivity contribution in [1.29, 1.82) is 5.26 Å². The summed E-state index contributed by atoms with van der Waals surface area (Å²) in [6, 6.07) is 11.6. The van der Waals surface area contributed by atoms with E-state index in [-0.39, 0.29) is 6.10 Å². The van der Waals surface area contributed by atoms with Gasteiger partial charge < -0.3 is 28.8 Å². The van der Waals surface area contributed by atoms with Crippen molar-refractivity contribution in [2.45, 2.75) is 38.2 Å². The Morgan fingerprint density at radius 2 is 1.97 bits per heavy atom. The molecule has 4 heterocycles. The van der Waals surface area contributed by atoms with Gasteiger partial charge in [-0.15, -0.1) is 0 Å². The fourth-order valence-electron chi connectivity index (χ4n) is 5.38. The van der Waals surface area contributed by atoms with Crippen LogP contribution in [0.25, 0.3) is 21.9 Å². The highest BCUT2D eigenvalue weighted by atomic mass is 35.5. The minimum atomic E-state index is -0.00754. The van der Waals surface area contributed by atoms with Crippen LogP contribution in [0.5, 0.6) is 11.5 Å². The fraction of sp³-hybridized carbons (Fsp3) is 0.400. The molecule has 2 aliphatic rings. The maximum atomic E-state index is 10.0. The highest BCUT2D eigenvalue weighted by Crippen LogP contribution is 2.42. The van der Waals surface area contributed by atoms with E-state index in [0.717, 1.165) is 31.2 Å². The molecular formula is C30H31ClN4O4. The molecule has 0 saturated carbocycles. The second kappa shape index (κ2) is 11.7. The van der Waals surface area contributed by atoms with Gasteiger partial charge in [0.15, 0.2) is 0 Å². The third-order valence-electron chi connectivity index (χ3n) is 7.41. The number of anilines is 2. The molecule has 9 heteroatoms. The number of rotatable bonds is 9. The molecule has 0 radical (unpaired) electrons. The largest absolute Gasteiger partial charge is 0.493 e. The number of nitriles is 1. The minimum Gasteiger partial charge on any atom is -0.493 e. The number of ether oxygens (including phenoxy) is 3. The molecule has 0 spiro atoms. The van der Waals surface area contributed by atoms with Crippen LogP contribution in [0.4, 0.5) is 11.4 Å². The summed E-state index contributed by atoms with van der Waals surface area (Å²) in [7, 11) is 0. The van der Waals surface area contributed by atoms with Crippen molar-refractivity contribution in [3.8, 4) is 17.6 Å². The molecule has 1 N–H and O–H groups in total. The van der Waals surface area contributed by atoms with Crippen LogP contribution >= 0.6 is 11.6 Å². The number of aromatic nitrogens is 1. The van der Waals surface area contributed by atoms with Crippen molar-refractivity contribution in [1.82, 2.24) is 9.88 Å². The summed E-state index contributed by atoms with van der Waals surface area (Å²) >= 11 is 6.62. The molecule has 2 fully saturated rings. The lowest BCUT2D eigenvalue weighted by Gasteiger charge is -2.25. The predicted octanol–water partition coefficient (Wildman–Crippen LogP) is 6.67. The first kappa shape index (κ1) is 25.8. The van der Waals surface area contributed by atoms with E-state index in [1.165, 1.54) is 25.9 Å². The van der Waals surface area contributed by atoms with Gasteiger partial charge in [-0.2, -0.15) is 5.26 Å². The maximum absolute atomic E-state index is 10.0. The molecule has 2 aliphatic heterocycles. The first-order valence-corrected chi connectivity index (χ1v) is 14.0. The van der Waals surface area contributed by atoms with Crippen molar-refractivity contribution >= 4 is 44.8 Å². The lowest BCUT2D eigenvalue weighted by molar-refractivity contribution is 0.0261. The number of pyridine rings is 1. The number of hydrogen-bond acceptors (Lipinski definition) is 8. The monoisotopic (exact) mass is 546 g/mol. The minimum absolute atomic E-state index is 0.00754. The van der Waals surface area contributed by atoms with Crippen molar-refractivity contribution < 1.29 is 18.6 Å². The summed E-state index contributed by atoms with van der Waals surface area (Å²) in [6.07, 6.45) is 8.28. The summed E-state index contributed by atoms with van der Waals surface area (Å²) in [5.74, 6) is 1.32. The SMILES string of the molecule is N#Cc1cnc2cc(OCCCN3CCCC3)cc(OC3CCOCC3)c2c1Nc1c(Cl)ccc2occc12. The quantitative estimate of drug-likeness (QED) is 0.233. The second-order valence-corrected chi connectivity index (χ2v) is 10.4. The molecule has 2 aromatic carbocycles. The number of fused-ring (bicyclic) bond motifs is 2. The van der Waals surface area contributed by atoms with Crippen LogP contribution in [0.1, 0.15) is 37.7 Å². The molecule has 2 saturated heterocycles. The van der Waals surface area contributed by atoms with Crippen LogP contribution in [0.3, 0.4) is 0 Å². The lowest BCUT2D eigenvalue weighted by Crippen LogP contribution is -2.26. The van der Waals surface area contributed by atoms with Crippen molar-refractivity contribution in [2.24, 2.45) is 0 Å². The number of hydrogen-bond donors (Lipinski definition) is 1. The van der Waals surface area contributed by atoms with Crippen LogP contribution in [0, 0.1) is 11.3 Å². The summed E-state index contributed by atoms with van der Waals surface area (Å²) in [4.78, 5) is 7.11. The van der Waals surface area contributed by atoms with E-state index in [0.29, 0.717) is 69.8 Å². The molecule has 0 unspecified atom stereocenters. The van der Waals surface area contributed by atoms with E-state index in [1.807, 2.05) is 24.3 Å². The lowest BCUT2D eigenvalue weighted by atomic mass is 10.1. The van der Waals surface area contributed by atoms with Crippen LogP contribution in [0.2, 0.25) is 5.02 Å². The molecular weight excluding hydrogens is 516 g/mol. The Bertz CT molecular complexity index is 1500. The van der Waals surface area contributed by atoms with Gasteiger partial charge in [0, 0.05) is 43.1 Å². The second-order valence-electron chi connectivity index (χ2n) is 10.0. The average molecular weight is 547 g/mol. The Labute approximate surface area is 232 Å². The van der Waals surface area contributed by atoms with Gasteiger partial charge in [0.25, 0.3) is 0 Å². The molecule has 8 nitrogen and oxygen atoms in total. The van der Waals surface area contributed by atoms with E-state index in [4.69, 9.17) is 30.2 Å². The van der Waals surface area contributed by atoms with E-state index >= 15 is 0 Å². The van der Waals surface area contributed by atoms with Gasteiger partial charge in [0.1, 0.15) is 29.3 Å². The number of nitrogens with one attached hydrogen (secondary N) is 1. The zero-order chi connectivity index (χ0) is 26.6. The van der Waals surface area contributed by atoms with Crippen molar-refractivity contribution in [2.75, 3.05) is 44.8 Å². The normalized spacial score (nSPS) is 16.5. The zero-order valence-corrected chi connectivity index (χ0v) is 22.5. The third-order valence-corrected chi connectivity index (χ3v) is 7.72. The van der Waals surface area contributed by atoms with Crippen LogP contribution in [-0.2, 0) is 4.74 Å². The Morgan fingerprint density at radius 1 is 1.13 bits per heavy atom. The molecule has 2 aromatic heterocycles. The predicted molar refractivity (Wildman–Crippen MR) is 151 cm³/mol. The van der Waals surface area contributed by atoms with Crippen LogP contribution in [0.15, 0.2) is 47.2 Å². The zero-order valence-electron chi connectivity index (χ0n) is 21.7. The highest BCUT2D eigenvalue weighted by molar-refractivity contribution is 6.35. The van der Waals surface area contributed by atoms with Gasteiger partial charge in [-0.05, 0) is 50.6 Å². The first-order valence-electron chi connectivity index (χ1n) is 13.6. The number of likely N-dealkylation sites (tertiary alicyclic amines) is 1. The maximum Gasteiger partial charge on any atom is 0.136 e. The molecule has 0 atom stereocenters. The highest BCUT2D eigenvalue weighted by Gasteiger charge is 2.22. The molecule has 0 amide bonds. The molecule has 0 bridgehead atoms. The summed E-state index contributed by atoms with van der Waals surface area (Å²) in [5, 5.41) is 15.5.